The fourth-order valence-electron chi connectivity index (χ4n) is 13.7. The molecule has 1 aliphatic heterocycles. The maximum atomic E-state index is 6.30. The lowest BCUT2D eigenvalue weighted by molar-refractivity contribution is 0.00578. The monoisotopic (exact) mass is 1550 g/mol. The first-order chi connectivity index (χ1) is 57.8. The van der Waals surface area contributed by atoms with Gasteiger partial charge in [-0.15, -0.1) is 0 Å². The van der Waals surface area contributed by atoms with Crippen LogP contribution in [-0.4, -0.2) is 78.1 Å². The quantitative estimate of drug-likeness (QED) is 0.0836. The third-order valence-corrected chi connectivity index (χ3v) is 20.8. The van der Waals surface area contributed by atoms with E-state index in [9.17, 15) is 0 Å². The number of benzene rings is 14. The van der Waals surface area contributed by atoms with Gasteiger partial charge in [-0.2, -0.15) is 9.97 Å². The molecule has 1 fully saturated rings. The van der Waals surface area contributed by atoms with Crippen molar-refractivity contribution < 1.29 is 9.31 Å². The zero-order valence-electron chi connectivity index (χ0n) is 65.1. The van der Waals surface area contributed by atoms with Crippen LogP contribution in [0.5, 0.6) is 0 Å². The van der Waals surface area contributed by atoms with Crippen LogP contribution in [0.2, 0.25) is 5.28 Å². The van der Waals surface area contributed by atoms with Gasteiger partial charge in [-0.25, -0.2) is 49.8 Å². The van der Waals surface area contributed by atoms with Crippen molar-refractivity contribution in [2.75, 3.05) is 0 Å². The summed E-state index contributed by atoms with van der Waals surface area (Å²) in [5.74, 6) is 6.74. The van der Waals surface area contributed by atoms with Gasteiger partial charge in [-0.05, 0) is 120 Å². The fraction of sp³-hybridized carbons (Fsp3) is 0.0588. The van der Waals surface area contributed by atoms with Crippen molar-refractivity contribution in [2.45, 2.75) is 38.9 Å². The van der Waals surface area contributed by atoms with Crippen LogP contribution < -0.4 is 5.46 Å². The number of hydrogen-bond donors (Lipinski definition) is 0. The Bertz CT molecular complexity index is 6390. The van der Waals surface area contributed by atoms with E-state index in [0.29, 0.717) is 64.1 Å². The molecule has 5 heterocycles. The molecule has 0 aliphatic carbocycles. The Hall–Kier alpha value is -14.6. The molecule has 16 heteroatoms. The highest BCUT2D eigenvalue weighted by Crippen LogP contribution is 2.39. The Kier molecular flexibility index (Phi) is 22.3. The zero-order valence-corrected chi connectivity index (χ0v) is 65.8. The molecule has 0 radical (unpaired) electrons. The Balaban J connectivity index is 0.000000136. The van der Waals surface area contributed by atoms with Crippen LogP contribution in [0.25, 0.3) is 170 Å². The summed E-state index contributed by atoms with van der Waals surface area (Å²) in [5.41, 5.74) is 19.0. The van der Waals surface area contributed by atoms with Crippen LogP contribution in [0.4, 0.5) is 0 Å². The van der Waals surface area contributed by atoms with Crippen LogP contribution in [0.3, 0.4) is 0 Å². The Morgan fingerprint density at radius 2 is 0.339 bits per heavy atom. The molecule has 0 saturated carbocycles. The third-order valence-electron chi connectivity index (χ3n) is 20.6. The summed E-state index contributed by atoms with van der Waals surface area (Å²) in [7, 11) is -0.413. The van der Waals surface area contributed by atoms with Gasteiger partial charge in [0.05, 0.1) is 11.2 Å². The molecule has 1 saturated heterocycles. The molecule has 18 aromatic rings. The first-order valence-corrected chi connectivity index (χ1v) is 39.3. The van der Waals surface area contributed by atoms with Crippen molar-refractivity contribution in [1.82, 2.24) is 59.8 Å². The summed E-state index contributed by atoms with van der Waals surface area (Å²) >= 11 is 6.14. The molecule has 14 nitrogen and oxygen atoms in total. The van der Waals surface area contributed by atoms with Gasteiger partial charge in [0.15, 0.2) is 64.1 Å². The molecule has 14 aromatic carbocycles. The third kappa shape index (κ3) is 17.7. The molecule has 118 heavy (non-hydrogen) atoms. The summed E-state index contributed by atoms with van der Waals surface area (Å²) < 4.78 is 12.6. The Morgan fingerprint density at radius 3 is 0.576 bits per heavy atom. The summed E-state index contributed by atoms with van der Waals surface area (Å²) in [4.78, 5) is 57.6. The molecule has 0 bridgehead atoms. The maximum Gasteiger partial charge on any atom is 0.494 e. The first-order valence-electron chi connectivity index (χ1n) is 38.9. The van der Waals surface area contributed by atoms with Gasteiger partial charge in [0.2, 0.25) is 5.28 Å². The van der Waals surface area contributed by atoms with Gasteiger partial charge in [0.25, 0.3) is 0 Å². The lowest BCUT2D eigenvalue weighted by Gasteiger charge is -2.32. The van der Waals surface area contributed by atoms with E-state index in [1.54, 1.807) is 0 Å². The maximum absolute atomic E-state index is 6.30. The summed E-state index contributed by atoms with van der Waals surface area (Å²) in [6.07, 6.45) is 0. The average Bonchev–Trinajstić information content (AvgIpc) is 1.57. The first kappa shape index (κ1) is 76.0. The van der Waals surface area contributed by atoms with Gasteiger partial charge < -0.3 is 9.31 Å². The number of nitrogens with zero attached hydrogens (tertiary/aromatic N) is 12. The standard InChI is InChI=1S/C48H32N6.C33H30BN3O2.C21H14ClN3/c1-5-16-33(17-6-1)37-24-13-27-40(30-37)47-52-45(36-22-11-4-12-23-36)53-48(54-47)42-29-15-26-39(32-42)38-25-14-28-41(31-38)46-50-43(34-18-7-2-8-19-34)49-44(51-46)35-20-9-3-10-21-35;1-32(2)33(3,4)39-34(38-32)28-20-12-18-26(22-28)25-17-11-19-27(21-25)31-36-29(23-13-7-5-8-14-23)35-30(37-31)24-15-9-6-10-16-24;22-21-24-19(16-10-5-2-6-11-16)23-20(25-21)18-13-7-12-17(14-18)15-8-3-1-4-9-15/h1-32H;5-22H,1-4H3;1-14H. The molecule has 0 N–H and O–H groups in total. The van der Waals surface area contributed by atoms with Crippen molar-refractivity contribution in [1.29, 1.82) is 0 Å². The van der Waals surface area contributed by atoms with Crippen LogP contribution >= 0.6 is 11.6 Å². The van der Waals surface area contributed by atoms with Gasteiger partial charge in [0.1, 0.15) is 0 Å². The van der Waals surface area contributed by atoms with Gasteiger partial charge in [-0.1, -0.05) is 358 Å². The number of rotatable bonds is 16. The largest absolute Gasteiger partial charge is 0.494 e. The predicted octanol–water partition coefficient (Wildman–Crippen LogP) is 23.8. The lowest BCUT2D eigenvalue weighted by atomic mass is 9.78. The molecule has 0 amide bonds. The zero-order chi connectivity index (χ0) is 80.2. The highest BCUT2D eigenvalue weighted by molar-refractivity contribution is 6.62. The molecule has 4 aromatic heterocycles. The second-order valence-corrected chi connectivity index (χ2v) is 29.6. The molecular weight excluding hydrogens is 1470 g/mol. The smallest absolute Gasteiger partial charge is 0.399 e. The van der Waals surface area contributed by atoms with E-state index in [4.69, 9.17) is 65.8 Å². The van der Waals surface area contributed by atoms with Crippen molar-refractivity contribution >= 4 is 24.2 Å². The van der Waals surface area contributed by atoms with E-state index in [1.165, 1.54) is 0 Å². The van der Waals surface area contributed by atoms with Crippen molar-refractivity contribution in [3.05, 3.63) is 394 Å². The van der Waals surface area contributed by atoms with Gasteiger partial charge >= 0.3 is 7.12 Å². The van der Waals surface area contributed by atoms with Crippen LogP contribution in [0.15, 0.2) is 388 Å². The van der Waals surface area contributed by atoms with E-state index in [2.05, 4.69) is 158 Å². The van der Waals surface area contributed by atoms with Crippen LogP contribution in [0, 0.1) is 0 Å². The Labute approximate surface area is 691 Å². The minimum atomic E-state index is -0.413. The SMILES string of the molecule is CC1(C)OB(c2cccc(-c3cccc(-c4nc(-c5ccccc5)nc(-c5ccccc5)n4)c3)c2)OC1(C)C.Clc1nc(-c2ccccc2)nc(-c2cccc(-c3ccccc3)c2)n1.c1ccc(-c2cccc(-c3nc(-c4ccccc4)nc(-c4cccc(-c5cccc(-c6nc(-c7ccccc7)nc(-c7ccccc7)n6)c5)c4)n3)c2)cc1. The molecule has 0 unspecified atom stereocenters. The minimum Gasteiger partial charge on any atom is -0.399 e. The Morgan fingerprint density at radius 1 is 0.178 bits per heavy atom. The van der Waals surface area contributed by atoms with E-state index in [0.717, 1.165) is 111 Å². The van der Waals surface area contributed by atoms with Crippen molar-refractivity contribution in [2.24, 2.45) is 0 Å². The molecule has 19 rings (SSSR count). The van der Waals surface area contributed by atoms with Gasteiger partial charge in [0, 0.05) is 61.2 Å². The summed E-state index contributed by atoms with van der Waals surface area (Å²) in [6, 6.07) is 130. The topological polar surface area (TPSA) is 173 Å². The molecule has 0 spiro atoms. The summed E-state index contributed by atoms with van der Waals surface area (Å²) in [6.45, 7) is 8.29. The van der Waals surface area contributed by atoms with Crippen LogP contribution in [-0.2, 0) is 9.31 Å². The number of halogens is 1. The van der Waals surface area contributed by atoms with Crippen LogP contribution in [0.1, 0.15) is 27.7 Å². The second-order valence-electron chi connectivity index (χ2n) is 29.2. The van der Waals surface area contributed by atoms with E-state index < -0.39 is 7.12 Å². The lowest BCUT2D eigenvalue weighted by Crippen LogP contribution is -2.41. The van der Waals surface area contributed by atoms with Crippen molar-refractivity contribution in [3.63, 3.8) is 0 Å². The molecule has 0 atom stereocenters. The highest BCUT2D eigenvalue weighted by Gasteiger charge is 2.51. The van der Waals surface area contributed by atoms with E-state index in [-0.39, 0.29) is 16.5 Å². The second kappa shape index (κ2) is 34.6. The number of hydrogen-bond acceptors (Lipinski definition) is 14. The van der Waals surface area contributed by atoms with E-state index >= 15 is 0 Å². The van der Waals surface area contributed by atoms with Gasteiger partial charge in [-0.3, -0.25) is 0 Å². The number of aromatic nitrogens is 12. The molecule has 1 aliphatic rings. The molecule has 566 valence electrons. The van der Waals surface area contributed by atoms with E-state index in [1.807, 2.05) is 273 Å². The normalized spacial score (nSPS) is 12.5. The van der Waals surface area contributed by atoms with Crippen molar-refractivity contribution in [3.8, 4) is 170 Å². The fourth-order valence-corrected chi connectivity index (χ4v) is 13.9. The minimum absolute atomic E-state index is 0.189. The highest BCUT2D eigenvalue weighted by atomic mass is 35.5. The average molecular weight is 1550 g/mol. The summed E-state index contributed by atoms with van der Waals surface area (Å²) in [5, 5.41) is 0.189. The predicted molar refractivity (Wildman–Crippen MR) is 475 cm³/mol. The molecular formula is C102H76BClN12O2.